The molecule has 0 fully saturated rings. The van der Waals surface area contributed by atoms with Gasteiger partial charge in [0.25, 0.3) is 0 Å². The minimum Gasteiger partial charge on any atom is -0.310 e. The van der Waals surface area contributed by atoms with Crippen molar-refractivity contribution < 1.29 is 0 Å². The number of hydrogen-bond donors (Lipinski definition) is 0. The molecule has 0 saturated heterocycles. The lowest BCUT2D eigenvalue weighted by Gasteiger charge is -2.28. The molecular formula is C56H39NSi. The van der Waals surface area contributed by atoms with Gasteiger partial charge in [-0.3, -0.25) is 0 Å². The molecule has 0 radical (unpaired) electrons. The molecule has 272 valence electrons. The number of allylic oxidation sites excluding steroid dienone is 2. The third kappa shape index (κ3) is 4.46. The number of fused-ring (bicyclic) bond motifs is 14. The summed E-state index contributed by atoms with van der Waals surface area (Å²) in [4.78, 5) is 0. The Morgan fingerprint density at radius 3 is 2.02 bits per heavy atom. The van der Waals surface area contributed by atoms with Gasteiger partial charge in [0, 0.05) is 22.7 Å². The van der Waals surface area contributed by atoms with Crippen LogP contribution in [0.2, 0.25) is 0 Å². The van der Waals surface area contributed by atoms with Crippen LogP contribution in [0.3, 0.4) is 0 Å². The SMILES string of the molecule is C=C/C(=c1/ccccc1=C)C1C=Cc2c(c3cc4c(cc3n2-c2ccccc2)-c2ccc(-c3cccc5ccccc35)cc2[Si]42c3ccccc3-c3ccccc32)C1. The molecule has 0 saturated carbocycles. The Morgan fingerprint density at radius 2 is 1.22 bits per heavy atom. The van der Waals surface area contributed by atoms with Crippen LogP contribution >= 0.6 is 0 Å². The fraction of sp³-hybridized carbons (Fsp3) is 0.0357. The van der Waals surface area contributed by atoms with Gasteiger partial charge in [0.15, 0.2) is 8.07 Å². The van der Waals surface area contributed by atoms with Gasteiger partial charge in [0.05, 0.1) is 5.52 Å². The fourth-order valence-electron chi connectivity index (χ4n) is 10.9. The van der Waals surface area contributed by atoms with Crippen molar-refractivity contribution in [1.82, 2.24) is 4.57 Å². The molecule has 3 aliphatic rings. The molecule has 2 heteroatoms. The highest BCUT2D eigenvalue weighted by atomic mass is 28.3. The number of hydrogen-bond acceptors (Lipinski definition) is 0. The van der Waals surface area contributed by atoms with Gasteiger partial charge in [-0.25, -0.2) is 0 Å². The smallest absolute Gasteiger partial charge is 0.182 e. The van der Waals surface area contributed by atoms with E-state index in [1.165, 1.54) is 104 Å². The van der Waals surface area contributed by atoms with E-state index in [2.05, 4.69) is 212 Å². The maximum Gasteiger partial charge on any atom is 0.182 e. The van der Waals surface area contributed by atoms with Crippen molar-refractivity contribution in [3.63, 3.8) is 0 Å². The van der Waals surface area contributed by atoms with Gasteiger partial charge in [-0.05, 0) is 117 Å². The molecule has 12 rings (SSSR count). The second-order valence-corrected chi connectivity index (χ2v) is 19.7. The average Bonchev–Trinajstić information content (AvgIpc) is 3.87. The van der Waals surface area contributed by atoms with Crippen LogP contribution in [0.25, 0.3) is 79.0 Å². The first-order valence-corrected chi connectivity index (χ1v) is 22.3. The van der Waals surface area contributed by atoms with Crippen molar-refractivity contribution >= 4 is 68.7 Å². The van der Waals surface area contributed by atoms with E-state index in [0.717, 1.165) is 11.6 Å². The zero-order valence-corrected chi connectivity index (χ0v) is 33.1. The van der Waals surface area contributed by atoms with Crippen molar-refractivity contribution in [2.24, 2.45) is 5.92 Å². The van der Waals surface area contributed by atoms with E-state index in [9.17, 15) is 0 Å². The third-order valence-corrected chi connectivity index (χ3v) is 18.2. The van der Waals surface area contributed by atoms with Gasteiger partial charge in [-0.15, -0.1) is 0 Å². The highest BCUT2D eigenvalue weighted by Crippen LogP contribution is 2.43. The maximum absolute atomic E-state index is 4.41. The van der Waals surface area contributed by atoms with Crippen LogP contribution in [0.1, 0.15) is 11.3 Å². The lowest BCUT2D eigenvalue weighted by Crippen LogP contribution is -2.70. The van der Waals surface area contributed by atoms with E-state index in [-0.39, 0.29) is 5.92 Å². The molecule has 0 N–H and O–H groups in total. The minimum absolute atomic E-state index is 0.176. The van der Waals surface area contributed by atoms with Gasteiger partial charge in [0.1, 0.15) is 0 Å². The first-order chi connectivity index (χ1) is 28.6. The lowest BCUT2D eigenvalue weighted by atomic mass is 9.85. The zero-order chi connectivity index (χ0) is 38.5. The van der Waals surface area contributed by atoms with Gasteiger partial charge in [-0.1, -0.05) is 183 Å². The van der Waals surface area contributed by atoms with E-state index in [4.69, 9.17) is 0 Å². The molecule has 1 spiro atoms. The van der Waals surface area contributed by atoms with Crippen LogP contribution in [0, 0.1) is 5.92 Å². The Kier molecular flexibility index (Phi) is 7.15. The highest BCUT2D eigenvalue weighted by Gasteiger charge is 2.54. The van der Waals surface area contributed by atoms with Crippen LogP contribution in [-0.2, 0) is 6.42 Å². The van der Waals surface area contributed by atoms with Crippen LogP contribution in [-0.4, -0.2) is 12.6 Å². The molecule has 1 unspecified atom stereocenters. The van der Waals surface area contributed by atoms with Gasteiger partial charge in [0.2, 0.25) is 0 Å². The number of nitrogens with zero attached hydrogens (tertiary/aromatic N) is 1. The summed E-state index contributed by atoms with van der Waals surface area (Å²) < 4.78 is 2.51. The van der Waals surface area contributed by atoms with E-state index >= 15 is 0 Å². The predicted molar refractivity (Wildman–Crippen MR) is 249 cm³/mol. The summed E-state index contributed by atoms with van der Waals surface area (Å²) in [7, 11) is -2.78. The number of benzene rings is 8. The summed E-state index contributed by atoms with van der Waals surface area (Å²) in [6.07, 6.45) is 7.70. The summed E-state index contributed by atoms with van der Waals surface area (Å²) >= 11 is 0. The lowest BCUT2D eigenvalue weighted by molar-refractivity contribution is 0.814. The summed E-state index contributed by atoms with van der Waals surface area (Å²) in [5, 5.41) is 12.1. The van der Waals surface area contributed by atoms with E-state index in [0.29, 0.717) is 0 Å². The molecule has 1 nitrogen and oxygen atoms in total. The summed E-state index contributed by atoms with van der Waals surface area (Å²) in [6, 6.07) is 66.1. The minimum atomic E-state index is -2.78. The largest absolute Gasteiger partial charge is 0.310 e. The average molecular weight is 754 g/mol. The van der Waals surface area contributed by atoms with Crippen LogP contribution in [0.4, 0.5) is 0 Å². The first kappa shape index (κ1) is 33.2. The first-order valence-electron chi connectivity index (χ1n) is 20.3. The molecular weight excluding hydrogens is 715 g/mol. The summed E-state index contributed by atoms with van der Waals surface area (Å²) in [5.41, 5.74) is 14.4. The quantitative estimate of drug-likeness (QED) is 0.158. The topological polar surface area (TPSA) is 4.93 Å². The van der Waals surface area contributed by atoms with Gasteiger partial charge >= 0.3 is 0 Å². The number of para-hydroxylation sites is 1. The second kappa shape index (κ2) is 12.5. The third-order valence-electron chi connectivity index (χ3n) is 13.3. The Hall–Kier alpha value is -7.00. The van der Waals surface area contributed by atoms with Crippen LogP contribution in [0.5, 0.6) is 0 Å². The molecule has 3 heterocycles. The highest BCUT2D eigenvalue weighted by molar-refractivity contribution is 7.24. The standard InChI is InChI=1S/C56H39NSi/c1-3-41(42-21-9-7-16-36(42)2)38-29-31-51-48(32-38)49-35-56-50(34-52(49)57(51)40-19-5-4-6-20-40)47-30-28-39(44-25-15-18-37-17-8-10-22-43(37)44)33-55(47)58(56)53-26-13-11-23-45(53)46-24-12-14-27-54(46)58/h3-31,33-35,38H,1-2,32H2/b42-41+. The second-order valence-electron chi connectivity index (χ2n) is 16.1. The van der Waals surface area contributed by atoms with E-state index in [1.807, 2.05) is 0 Å². The number of rotatable bonds is 4. The Bertz CT molecular complexity index is 3310. The van der Waals surface area contributed by atoms with Crippen molar-refractivity contribution in [3.05, 3.63) is 216 Å². The number of aromatic nitrogens is 1. The molecule has 1 aromatic heterocycles. The van der Waals surface area contributed by atoms with Gasteiger partial charge < -0.3 is 4.57 Å². The molecule has 0 bridgehead atoms. The van der Waals surface area contributed by atoms with E-state index < -0.39 is 8.07 Å². The molecule has 1 aliphatic carbocycles. The van der Waals surface area contributed by atoms with Gasteiger partial charge in [-0.2, -0.15) is 0 Å². The molecule has 8 aromatic carbocycles. The monoisotopic (exact) mass is 753 g/mol. The molecule has 9 aromatic rings. The molecule has 58 heavy (non-hydrogen) atoms. The van der Waals surface area contributed by atoms with Crippen LogP contribution in [0.15, 0.2) is 195 Å². The molecule has 1 atom stereocenters. The van der Waals surface area contributed by atoms with Crippen molar-refractivity contribution in [1.29, 1.82) is 0 Å². The predicted octanol–water partition coefficient (Wildman–Crippen LogP) is 9.42. The van der Waals surface area contributed by atoms with Crippen molar-refractivity contribution in [2.45, 2.75) is 6.42 Å². The Labute approximate surface area is 339 Å². The van der Waals surface area contributed by atoms with Crippen molar-refractivity contribution in [2.75, 3.05) is 0 Å². The molecule has 0 amide bonds. The van der Waals surface area contributed by atoms with Crippen LogP contribution < -0.4 is 31.2 Å². The molecule has 2 aliphatic heterocycles. The summed E-state index contributed by atoms with van der Waals surface area (Å²) in [6.45, 7) is 8.74. The Morgan fingerprint density at radius 1 is 0.569 bits per heavy atom. The Balaban J connectivity index is 1.18. The summed E-state index contributed by atoms with van der Waals surface area (Å²) in [5.74, 6) is 0.176. The zero-order valence-electron chi connectivity index (χ0n) is 32.1. The van der Waals surface area contributed by atoms with E-state index in [1.54, 1.807) is 0 Å². The fourth-order valence-corrected chi connectivity index (χ4v) is 16.5. The maximum atomic E-state index is 4.41. The normalized spacial score (nSPS) is 15.8. The van der Waals surface area contributed by atoms with Crippen molar-refractivity contribution in [3.8, 4) is 39.1 Å².